The summed E-state index contributed by atoms with van der Waals surface area (Å²) in [6, 6.07) is 12.2. The van der Waals surface area contributed by atoms with Gasteiger partial charge >= 0.3 is 0 Å². The van der Waals surface area contributed by atoms with Gasteiger partial charge in [0.1, 0.15) is 5.76 Å². The number of aliphatic hydroxyl groups is 1. The van der Waals surface area contributed by atoms with Gasteiger partial charge in [-0.3, -0.25) is 0 Å². The predicted octanol–water partition coefficient (Wildman–Crippen LogP) is 2.28. The number of aryl methyl sites for hydroxylation is 1. The van der Waals surface area contributed by atoms with Gasteiger partial charge in [0.25, 0.3) is 0 Å². The molecule has 0 saturated heterocycles. The van der Waals surface area contributed by atoms with Crippen LogP contribution in [0.1, 0.15) is 16.9 Å². The van der Waals surface area contributed by atoms with Crippen molar-refractivity contribution in [3.63, 3.8) is 0 Å². The molecule has 0 amide bonds. The zero-order valence-corrected chi connectivity index (χ0v) is 10.6. The van der Waals surface area contributed by atoms with Crippen molar-refractivity contribution in [2.24, 2.45) is 0 Å². The first-order chi connectivity index (χ1) is 8.79. The summed E-state index contributed by atoms with van der Waals surface area (Å²) >= 11 is 0. The monoisotopic (exact) mass is 245 g/mol. The number of benzene rings is 1. The minimum absolute atomic E-state index is 0.0527. The molecule has 1 atom stereocenters. The van der Waals surface area contributed by atoms with Gasteiger partial charge in [-0.25, -0.2) is 0 Å². The first-order valence-electron chi connectivity index (χ1n) is 6.20. The van der Waals surface area contributed by atoms with Crippen LogP contribution in [0.25, 0.3) is 0 Å². The Hall–Kier alpha value is -1.58. The number of aliphatic hydroxyl groups excluding tert-OH is 1. The summed E-state index contributed by atoms with van der Waals surface area (Å²) < 4.78 is 5.37. The molecule has 2 rings (SSSR count). The minimum Gasteiger partial charge on any atom is -0.468 e. The average Bonchev–Trinajstić information content (AvgIpc) is 2.81. The molecule has 1 aromatic heterocycles. The van der Waals surface area contributed by atoms with Crippen LogP contribution in [0, 0.1) is 6.92 Å². The summed E-state index contributed by atoms with van der Waals surface area (Å²) in [5.41, 5.74) is 2.36. The summed E-state index contributed by atoms with van der Waals surface area (Å²) in [7, 11) is 0. The zero-order valence-electron chi connectivity index (χ0n) is 10.6. The number of rotatable bonds is 6. The fourth-order valence-electron chi connectivity index (χ4n) is 1.92. The van der Waals surface area contributed by atoms with Crippen LogP contribution in [0.5, 0.6) is 0 Å². The van der Waals surface area contributed by atoms with Crippen LogP contribution in [0.2, 0.25) is 0 Å². The molecule has 0 bridgehead atoms. The molecule has 0 aliphatic rings. The van der Waals surface area contributed by atoms with E-state index < -0.39 is 0 Å². The van der Waals surface area contributed by atoms with Crippen LogP contribution in [0.15, 0.2) is 47.1 Å². The minimum atomic E-state index is 0.0527. The second-order valence-corrected chi connectivity index (χ2v) is 4.48. The van der Waals surface area contributed by atoms with E-state index in [4.69, 9.17) is 4.42 Å². The van der Waals surface area contributed by atoms with E-state index in [1.165, 1.54) is 5.56 Å². The predicted molar refractivity (Wildman–Crippen MR) is 71.3 cm³/mol. The highest BCUT2D eigenvalue weighted by atomic mass is 16.3. The quantitative estimate of drug-likeness (QED) is 0.820. The Labute approximate surface area is 107 Å². The van der Waals surface area contributed by atoms with Gasteiger partial charge in [-0.1, -0.05) is 30.3 Å². The Morgan fingerprint density at radius 1 is 1.22 bits per heavy atom. The van der Waals surface area contributed by atoms with Gasteiger partial charge in [0.15, 0.2) is 0 Å². The summed E-state index contributed by atoms with van der Waals surface area (Å²) in [5.74, 6) is 0.932. The molecule has 2 N–H and O–H groups in total. The van der Waals surface area contributed by atoms with Gasteiger partial charge in [0, 0.05) is 6.04 Å². The van der Waals surface area contributed by atoms with E-state index in [0.717, 1.165) is 17.7 Å². The SMILES string of the molecule is Cc1ccoc1CN[C@@H](CO)Cc1ccccc1. The maximum atomic E-state index is 9.39. The third-order valence-corrected chi connectivity index (χ3v) is 3.06. The normalized spacial score (nSPS) is 12.6. The van der Waals surface area contributed by atoms with Crippen molar-refractivity contribution in [3.05, 3.63) is 59.5 Å². The summed E-state index contributed by atoms with van der Waals surface area (Å²) in [4.78, 5) is 0. The molecule has 0 saturated carbocycles. The van der Waals surface area contributed by atoms with E-state index in [9.17, 15) is 5.11 Å². The van der Waals surface area contributed by atoms with Crippen LogP contribution in [0.3, 0.4) is 0 Å². The van der Waals surface area contributed by atoms with E-state index in [-0.39, 0.29) is 12.6 Å². The molecule has 1 aromatic carbocycles. The van der Waals surface area contributed by atoms with E-state index in [1.54, 1.807) is 6.26 Å². The molecular weight excluding hydrogens is 226 g/mol. The summed E-state index contributed by atoms with van der Waals surface area (Å²) in [6.07, 6.45) is 2.51. The van der Waals surface area contributed by atoms with E-state index >= 15 is 0 Å². The highest BCUT2D eigenvalue weighted by Crippen LogP contribution is 2.09. The average molecular weight is 245 g/mol. The molecule has 1 heterocycles. The van der Waals surface area contributed by atoms with E-state index in [0.29, 0.717) is 6.54 Å². The van der Waals surface area contributed by atoms with Crippen molar-refractivity contribution in [2.75, 3.05) is 6.61 Å². The Kier molecular flexibility index (Phi) is 4.56. The van der Waals surface area contributed by atoms with Crippen molar-refractivity contribution in [2.45, 2.75) is 25.9 Å². The van der Waals surface area contributed by atoms with Crippen molar-refractivity contribution in [3.8, 4) is 0 Å². The van der Waals surface area contributed by atoms with Crippen LogP contribution in [-0.4, -0.2) is 17.8 Å². The molecule has 0 aliphatic heterocycles. The Balaban J connectivity index is 1.88. The lowest BCUT2D eigenvalue weighted by Gasteiger charge is -2.15. The molecule has 2 aromatic rings. The first kappa shape index (κ1) is 12.9. The lowest BCUT2D eigenvalue weighted by molar-refractivity contribution is 0.238. The lowest BCUT2D eigenvalue weighted by atomic mass is 10.1. The number of hydrogen-bond acceptors (Lipinski definition) is 3. The number of furan rings is 1. The van der Waals surface area contributed by atoms with Crippen LogP contribution < -0.4 is 5.32 Å². The number of nitrogens with one attached hydrogen (secondary N) is 1. The highest BCUT2D eigenvalue weighted by molar-refractivity contribution is 5.17. The third-order valence-electron chi connectivity index (χ3n) is 3.06. The lowest BCUT2D eigenvalue weighted by Crippen LogP contribution is -2.34. The molecular formula is C15H19NO2. The van der Waals surface area contributed by atoms with Crippen molar-refractivity contribution in [1.82, 2.24) is 5.32 Å². The molecule has 0 spiro atoms. The highest BCUT2D eigenvalue weighted by Gasteiger charge is 2.09. The third kappa shape index (κ3) is 3.45. The maximum Gasteiger partial charge on any atom is 0.120 e. The fourth-order valence-corrected chi connectivity index (χ4v) is 1.92. The molecule has 18 heavy (non-hydrogen) atoms. The van der Waals surface area contributed by atoms with Gasteiger partial charge in [0.05, 0.1) is 19.4 Å². The molecule has 96 valence electrons. The Morgan fingerprint density at radius 3 is 2.61 bits per heavy atom. The Bertz CT molecular complexity index is 464. The molecule has 3 nitrogen and oxygen atoms in total. The largest absolute Gasteiger partial charge is 0.468 e. The second kappa shape index (κ2) is 6.38. The van der Waals surface area contributed by atoms with Crippen molar-refractivity contribution < 1.29 is 9.52 Å². The maximum absolute atomic E-state index is 9.39. The summed E-state index contributed by atoms with van der Waals surface area (Å²) in [5, 5.41) is 12.7. The molecule has 0 unspecified atom stereocenters. The Morgan fingerprint density at radius 2 is 2.00 bits per heavy atom. The molecule has 0 fully saturated rings. The van der Waals surface area contributed by atoms with Gasteiger partial charge in [-0.05, 0) is 30.5 Å². The van der Waals surface area contributed by atoms with Crippen LogP contribution in [-0.2, 0) is 13.0 Å². The van der Waals surface area contributed by atoms with Crippen LogP contribution in [0.4, 0.5) is 0 Å². The number of hydrogen-bond donors (Lipinski definition) is 2. The molecule has 3 heteroatoms. The second-order valence-electron chi connectivity index (χ2n) is 4.48. The van der Waals surface area contributed by atoms with Gasteiger partial charge in [0.2, 0.25) is 0 Å². The standard InChI is InChI=1S/C15H19NO2/c1-12-7-8-18-15(12)10-16-14(11-17)9-13-5-3-2-4-6-13/h2-8,14,16-17H,9-11H2,1H3/t14-/m1/s1. The van der Waals surface area contributed by atoms with Gasteiger partial charge in [-0.2, -0.15) is 0 Å². The molecule has 0 aliphatic carbocycles. The fraction of sp³-hybridized carbons (Fsp3) is 0.333. The topological polar surface area (TPSA) is 45.4 Å². The van der Waals surface area contributed by atoms with E-state index in [1.807, 2.05) is 31.2 Å². The first-order valence-corrected chi connectivity index (χ1v) is 6.20. The molecule has 0 radical (unpaired) electrons. The smallest absolute Gasteiger partial charge is 0.120 e. The zero-order chi connectivity index (χ0) is 12.8. The van der Waals surface area contributed by atoms with Crippen molar-refractivity contribution in [1.29, 1.82) is 0 Å². The summed E-state index contributed by atoms with van der Waals surface area (Å²) in [6.45, 7) is 2.79. The van der Waals surface area contributed by atoms with Gasteiger partial charge in [-0.15, -0.1) is 0 Å². The van der Waals surface area contributed by atoms with Crippen LogP contribution >= 0.6 is 0 Å². The van der Waals surface area contributed by atoms with Gasteiger partial charge < -0.3 is 14.8 Å². The van der Waals surface area contributed by atoms with Crippen molar-refractivity contribution >= 4 is 0 Å². The van der Waals surface area contributed by atoms with E-state index in [2.05, 4.69) is 17.4 Å².